The number of nitrogens with one attached hydrogen (secondary N) is 1. The molecule has 1 amide bonds. The van der Waals surface area contributed by atoms with E-state index < -0.39 is 0 Å². The summed E-state index contributed by atoms with van der Waals surface area (Å²) in [6, 6.07) is 9.60. The molecule has 1 aromatic heterocycles. The molecule has 0 radical (unpaired) electrons. The number of carbonyl (C=O) groups excluding carboxylic acids is 1. The summed E-state index contributed by atoms with van der Waals surface area (Å²) in [5.41, 5.74) is 1.91. The molecular weight excluding hydrogens is 312 g/mol. The fourth-order valence-corrected chi connectivity index (χ4v) is 3.02. The Hall–Kier alpha value is -2.43. The largest absolute Gasteiger partial charge is 0.356 e. The molecule has 1 aromatic carbocycles. The molecule has 2 aromatic rings. The molecule has 0 unspecified atom stereocenters. The van der Waals surface area contributed by atoms with Gasteiger partial charge in [-0.1, -0.05) is 32.9 Å². The maximum Gasteiger partial charge on any atom is 0.256 e. The van der Waals surface area contributed by atoms with Gasteiger partial charge in [0.2, 0.25) is 0 Å². The molecule has 1 N–H and O–H groups in total. The zero-order chi connectivity index (χ0) is 17.9. The molecule has 0 atom stereocenters. The number of piperidine rings is 1. The van der Waals surface area contributed by atoms with Gasteiger partial charge in [0.05, 0.1) is 0 Å². The number of anilines is 2. The SMILES string of the molecule is CC(C)(C)c1ccc(C(=O)Nc2cc(N3CCCCC3)ncn2)cc1. The van der Waals surface area contributed by atoms with Crippen molar-refractivity contribution in [1.29, 1.82) is 0 Å². The molecule has 1 aliphatic heterocycles. The topological polar surface area (TPSA) is 58.1 Å². The summed E-state index contributed by atoms with van der Waals surface area (Å²) in [5, 5.41) is 2.88. The first-order valence-corrected chi connectivity index (χ1v) is 8.92. The molecule has 3 rings (SSSR count). The van der Waals surface area contributed by atoms with Crippen molar-refractivity contribution < 1.29 is 4.79 Å². The lowest BCUT2D eigenvalue weighted by Gasteiger charge is -2.27. The third-order valence-corrected chi connectivity index (χ3v) is 4.59. The van der Waals surface area contributed by atoms with Gasteiger partial charge < -0.3 is 10.2 Å². The average molecular weight is 338 g/mol. The standard InChI is InChI=1S/C20H26N4O/c1-20(2,3)16-9-7-15(8-10-16)19(25)23-17-13-18(22-14-21-17)24-11-5-4-6-12-24/h7-10,13-14H,4-6,11-12H2,1-3H3,(H,21,22,23,25). The van der Waals surface area contributed by atoms with Crippen LogP contribution in [0.3, 0.4) is 0 Å². The first-order valence-electron chi connectivity index (χ1n) is 8.92. The van der Waals surface area contributed by atoms with E-state index in [-0.39, 0.29) is 11.3 Å². The molecule has 0 saturated carbocycles. The van der Waals surface area contributed by atoms with Crippen molar-refractivity contribution in [3.63, 3.8) is 0 Å². The van der Waals surface area contributed by atoms with E-state index in [0.29, 0.717) is 11.4 Å². The Labute approximate surface area is 149 Å². The highest BCUT2D eigenvalue weighted by atomic mass is 16.1. The Kier molecular flexibility index (Phi) is 5.02. The van der Waals surface area contributed by atoms with Crippen LogP contribution < -0.4 is 10.2 Å². The summed E-state index contributed by atoms with van der Waals surface area (Å²) in [5.74, 6) is 1.28. The number of nitrogens with zero attached hydrogens (tertiary/aromatic N) is 3. The Morgan fingerprint density at radius 2 is 1.72 bits per heavy atom. The highest BCUT2D eigenvalue weighted by Crippen LogP contribution is 2.23. The molecule has 1 aliphatic rings. The number of carbonyl (C=O) groups is 1. The fraction of sp³-hybridized carbons (Fsp3) is 0.450. The van der Waals surface area contributed by atoms with E-state index in [2.05, 4.69) is 41.0 Å². The van der Waals surface area contributed by atoms with Gasteiger partial charge in [-0.25, -0.2) is 9.97 Å². The minimum absolute atomic E-state index is 0.0744. The van der Waals surface area contributed by atoms with Crippen molar-refractivity contribution in [3.8, 4) is 0 Å². The summed E-state index contributed by atoms with van der Waals surface area (Å²) >= 11 is 0. The molecule has 0 aliphatic carbocycles. The zero-order valence-corrected chi connectivity index (χ0v) is 15.2. The van der Waals surface area contributed by atoms with Crippen LogP contribution in [0.15, 0.2) is 36.7 Å². The fourth-order valence-electron chi connectivity index (χ4n) is 3.02. The minimum atomic E-state index is -0.149. The highest BCUT2D eigenvalue weighted by molar-refractivity contribution is 6.03. The predicted octanol–water partition coefficient (Wildman–Crippen LogP) is 4.02. The van der Waals surface area contributed by atoms with Gasteiger partial charge in [-0.2, -0.15) is 0 Å². The zero-order valence-electron chi connectivity index (χ0n) is 15.2. The van der Waals surface area contributed by atoms with Crippen LogP contribution in [0, 0.1) is 0 Å². The van der Waals surface area contributed by atoms with Crippen molar-refractivity contribution in [2.75, 3.05) is 23.3 Å². The van der Waals surface area contributed by atoms with Gasteiger partial charge in [-0.05, 0) is 42.4 Å². The molecule has 2 heterocycles. The van der Waals surface area contributed by atoms with Crippen molar-refractivity contribution >= 4 is 17.5 Å². The minimum Gasteiger partial charge on any atom is -0.356 e. The number of benzene rings is 1. The quantitative estimate of drug-likeness (QED) is 0.918. The maximum atomic E-state index is 12.5. The summed E-state index contributed by atoms with van der Waals surface area (Å²) in [6.45, 7) is 8.50. The van der Waals surface area contributed by atoms with E-state index in [4.69, 9.17) is 0 Å². The van der Waals surface area contributed by atoms with Crippen LogP contribution in [0.2, 0.25) is 0 Å². The van der Waals surface area contributed by atoms with Crippen LogP contribution in [0.1, 0.15) is 56.0 Å². The average Bonchev–Trinajstić information content (AvgIpc) is 2.62. The van der Waals surface area contributed by atoms with Gasteiger partial charge in [0.15, 0.2) is 0 Å². The molecule has 1 fully saturated rings. The smallest absolute Gasteiger partial charge is 0.256 e. The van der Waals surface area contributed by atoms with E-state index >= 15 is 0 Å². The van der Waals surface area contributed by atoms with Crippen LogP contribution >= 0.6 is 0 Å². The Balaban J connectivity index is 1.70. The highest BCUT2D eigenvalue weighted by Gasteiger charge is 2.16. The second-order valence-electron chi connectivity index (χ2n) is 7.59. The lowest BCUT2D eigenvalue weighted by molar-refractivity contribution is 0.102. The van der Waals surface area contributed by atoms with Gasteiger partial charge in [0, 0.05) is 24.7 Å². The number of aromatic nitrogens is 2. The van der Waals surface area contributed by atoms with Crippen LogP contribution in [0.4, 0.5) is 11.6 Å². The Bertz CT molecular complexity index is 728. The summed E-state index contributed by atoms with van der Waals surface area (Å²) < 4.78 is 0. The Morgan fingerprint density at radius 3 is 2.36 bits per heavy atom. The molecular formula is C20H26N4O. The third kappa shape index (κ3) is 4.35. The molecule has 132 valence electrons. The third-order valence-electron chi connectivity index (χ3n) is 4.59. The van der Waals surface area contributed by atoms with Crippen molar-refractivity contribution in [2.45, 2.75) is 45.4 Å². The number of rotatable bonds is 3. The van der Waals surface area contributed by atoms with Crippen molar-refractivity contribution in [1.82, 2.24) is 9.97 Å². The molecule has 5 heteroatoms. The van der Waals surface area contributed by atoms with Crippen molar-refractivity contribution in [3.05, 3.63) is 47.8 Å². The predicted molar refractivity (Wildman–Crippen MR) is 101 cm³/mol. The molecule has 5 nitrogen and oxygen atoms in total. The number of amides is 1. The molecule has 1 saturated heterocycles. The first-order chi connectivity index (χ1) is 11.9. The van der Waals surface area contributed by atoms with E-state index in [9.17, 15) is 4.79 Å². The normalized spacial score (nSPS) is 15.1. The van der Waals surface area contributed by atoms with Crippen LogP contribution in [0.5, 0.6) is 0 Å². The van der Waals surface area contributed by atoms with Crippen molar-refractivity contribution in [2.24, 2.45) is 0 Å². The summed E-state index contributed by atoms with van der Waals surface area (Å²) in [7, 11) is 0. The lowest BCUT2D eigenvalue weighted by atomic mass is 9.87. The summed E-state index contributed by atoms with van der Waals surface area (Å²) in [4.78, 5) is 23.3. The van der Waals surface area contributed by atoms with E-state index in [1.807, 2.05) is 30.3 Å². The lowest BCUT2D eigenvalue weighted by Crippen LogP contribution is -2.30. The number of hydrogen-bond acceptors (Lipinski definition) is 4. The second kappa shape index (κ2) is 7.21. The van der Waals surface area contributed by atoms with Gasteiger partial charge in [0.25, 0.3) is 5.91 Å². The molecule has 0 spiro atoms. The molecule has 25 heavy (non-hydrogen) atoms. The first kappa shape index (κ1) is 17.4. The van der Waals surface area contributed by atoms with Gasteiger partial charge in [-0.15, -0.1) is 0 Å². The second-order valence-corrected chi connectivity index (χ2v) is 7.59. The monoisotopic (exact) mass is 338 g/mol. The van der Waals surface area contributed by atoms with Gasteiger partial charge in [0.1, 0.15) is 18.0 Å². The molecule has 0 bridgehead atoms. The van der Waals surface area contributed by atoms with Crippen LogP contribution in [-0.2, 0) is 5.41 Å². The van der Waals surface area contributed by atoms with E-state index in [1.165, 1.54) is 31.2 Å². The van der Waals surface area contributed by atoms with Gasteiger partial charge >= 0.3 is 0 Å². The van der Waals surface area contributed by atoms with Crippen LogP contribution in [-0.4, -0.2) is 29.0 Å². The Morgan fingerprint density at radius 1 is 1.04 bits per heavy atom. The number of hydrogen-bond donors (Lipinski definition) is 1. The van der Waals surface area contributed by atoms with Gasteiger partial charge in [-0.3, -0.25) is 4.79 Å². The van der Waals surface area contributed by atoms with E-state index in [1.54, 1.807) is 0 Å². The summed E-state index contributed by atoms with van der Waals surface area (Å²) in [6.07, 6.45) is 5.16. The van der Waals surface area contributed by atoms with Crippen LogP contribution in [0.25, 0.3) is 0 Å². The maximum absolute atomic E-state index is 12.5. The van der Waals surface area contributed by atoms with E-state index in [0.717, 1.165) is 18.9 Å².